The van der Waals surface area contributed by atoms with Gasteiger partial charge in [-0.25, -0.2) is 4.98 Å². The predicted molar refractivity (Wildman–Crippen MR) is 153 cm³/mol. The maximum absolute atomic E-state index is 14.0. The molecule has 0 bridgehead atoms. The minimum atomic E-state index is -0.168. The van der Waals surface area contributed by atoms with Gasteiger partial charge in [-0.3, -0.25) is 4.79 Å². The van der Waals surface area contributed by atoms with E-state index in [0.29, 0.717) is 17.9 Å². The van der Waals surface area contributed by atoms with E-state index in [1.54, 1.807) is 0 Å². The number of nitrogens with zero attached hydrogens (tertiary/aromatic N) is 2. The highest BCUT2D eigenvalue weighted by Gasteiger charge is 2.25. The summed E-state index contributed by atoms with van der Waals surface area (Å²) in [6.07, 6.45) is 2.14. The van der Waals surface area contributed by atoms with Gasteiger partial charge in [0.25, 0.3) is 5.91 Å². The number of hydrogen-bond acceptors (Lipinski definition) is 2. The van der Waals surface area contributed by atoms with Crippen LogP contribution in [0.25, 0.3) is 33.4 Å². The van der Waals surface area contributed by atoms with Gasteiger partial charge in [0, 0.05) is 17.7 Å². The normalized spacial score (nSPS) is 12.0. The molecule has 0 aliphatic rings. The van der Waals surface area contributed by atoms with Gasteiger partial charge in [0.15, 0.2) is 0 Å². The molecule has 37 heavy (non-hydrogen) atoms. The molecule has 186 valence electrons. The molecule has 0 spiro atoms. The Morgan fingerprint density at radius 2 is 1.54 bits per heavy atom. The lowest BCUT2D eigenvalue weighted by atomic mass is 9.99. The number of aryl methyl sites for hydroxylation is 1. The van der Waals surface area contributed by atoms with Gasteiger partial charge in [-0.05, 0) is 42.2 Å². The van der Waals surface area contributed by atoms with Crippen molar-refractivity contribution >= 4 is 16.7 Å². The topological polar surface area (TPSA) is 46.9 Å². The highest BCUT2D eigenvalue weighted by Crippen LogP contribution is 2.31. The van der Waals surface area contributed by atoms with Crippen molar-refractivity contribution in [2.24, 2.45) is 0 Å². The van der Waals surface area contributed by atoms with E-state index in [1.165, 1.54) is 10.9 Å². The maximum atomic E-state index is 14.0. The zero-order chi connectivity index (χ0) is 25.8. The van der Waals surface area contributed by atoms with Gasteiger partial charge in [0.2, 0.25) is 0 Å². The molecule has 4 nitrogen and oxygen atoms in total. The molecule has 1 N–H and O–H groups in total. The van der Waals surface area contributed by atoms with Crippen molar-refractivity contribution in [2.75, 3.05) is 0 Å². The third-order valence-corrected chi connectivity index (χ3v) is 6.93. The SMILES string of the molecule is CCCc1ccc(-c2nc(-c3ccccc3)n(CC)c2C(=O)NC(C)c2cccc3ccccc23)cc1. The van der Waals surface area contributed by atoms with E-state index in [1.807, 2.05) is 60.0 Å². The van der Waals surface area contributed by atoms with Gasteiger partial charge in [-0.15, -0.1) is 0 Å². The second-order valence-electron chi connectivity index (χ2n) is 9.45. The van der Waals surface area contributed by atoms with Gasteiger partial charge in [-0.1, -0.05) is 110 Å². The number of hydrogen-bond donors (Lipinski definition) is 1. The third kappa shape index (κ3) is 4.92. The zero-order valence-electron chi connectivity index (χ0n) is 21.7. The van der Waals surface area contributed by atoms with E-state index in [-0.39, 0.29) is 11.9 Å². The maximum Gasteiger partial charge on any atom is 0.270 e. The van der Waals surface area contributed by atoms with E-state index in [4.69, 9.17) is 4.98 Å². The van der Waals surface area contributed by atoms with E-state index >= 15 is 0 Å². The monoisotopic (exact) mass is 487 g/mol. The molecule has 0 saturated heterocycles. The first-order valence-corrected chi connectivity index (χ1v) is 13.1. The molecule has 4 aromatic carbocycles. The fraction of sp³-hybridized carbons (Fsp3) is 0.212. The summed E-state index contributed by atoms with van der Waals surface area (Å²) in [5.74, 6) is 0.684. The molecule has 0 aliphatic carbocycles. The van der Waals surface area contributed by atoms with Crippen LogP contribution in [-0.4, -0.2) is 15.5 Å². The van der Waals surface area contributed by atoms with Gasteiger partial charge < -0.3 is 9.88 Å². The summed E-state index contributed by atoms with van der Waals surface area (Å²) in [5, 5.41) is 5.60. The Labute approximate surface area is 219 Å². The Balaban J connectivity index is 1.58. The van der Waals surface area contributed by atoms with E-state index in [2.05, 4.69) is 67.7 Å². The summed E-state index contributed by atoms with van der Waals surface area (Å²) in [6.45, 7) is 6.93. The molecular formula is C33H33N3O. The number of amides is 1. The van der Waals surface area contributed by atoms with Crippen LogP contribution in [-0.2, 0) is 13.0 Å². The number of rotatable bonds is 8. The van der Waals surface area contributed by atoms with Crippen LogP contribution in [0.4, 0.5) is 0 Å². The smallest absolute Gasteiger partial charge is 0.270 e. The van der Waals surface area contributed by atoms with Crippen LogP contribution < -0.4 is 5.32 Å². The molecule has 0 radical (unpaired) electrons. The lowest BCUT2D eigenvalue weighted by molar-refractivity contribution is 0.0931. The number of imidazole rings is 1. The first-order valence-electron chi connectivity index (χ1n) is 13.1. The fourth-order valence-corrected chi connectivity index (χ4v) is 5.09. The summed E-state index contributed by atoms with van der Waals surface area (Å²) in [7, 11) is 0. The van der Waals surface area contributed by atoms with Crippen LogP contribution in [0.1, 0.15) is 54.8 Å². The summed E-state index contributed by atoms with van der Waals surface area (Å²) in [4.78, 5) is 19.0. The fourth-order valence-electron chi connectivity index (χ4n) is 5.09. The molecule has 1 aromatic heterocycles. The molecule has 1 heterocycles. The average molecular weight is 488 g/mol. The average Bonchev–Trinajstić information content (AvgIpc) is 3.33. The molecule has 1 amide bonds. The van der Waals surface area contributed by atoms with Crippen molar-refractivity contribution in [1.82, 2.24) is 14.9 Å². The predicted octanol–water partition coefficient (Wildman–Crippen LogP) is 7.83. The van der Waals surface area contributed by atoms with Crippen molar-refractivity contribution < 1.29 is 4.79 Å². The molecule has 1 atom stereocenters. The Kier molecular flexibility index (Phi) is 7.18. The van der Waals surface area contributed by atoms with E-state index in [9.17, 15) is 4.79 Å². The van der Waals surface area contributed by atoms with Crippen molar-refractivity contribution in [3.63, 3.8) is 0 Å². The van der Waals surface area contributed by atoms with Crippen LogP contribution in [0.3, 0.4) is 0 Å². The van der Waals surface area contributed by atoms with E-state index < -0.39 is 0 Å². The van der Waals surface area contributed by atoms with Crippen LogP contribution in [0.15, 0.2) is 97.1 Å². The number of carbonyl (C=O) groups excluding carboxylic acids is 1. The van der Waals surface area contributed by atoms with Gasteiger partial charge in [-0.2, -0.15) is 0 Å². The van der Waals surface area contributed by atoms with Crippen LogP contribution in [0.2, 0.25) is 0 Å². The van der Waals surface area contributed by atoms with Crippen molar-refractivity contribution in [1.29, 1.82) is 0 Å². The zero-order valence-corrected chi connectivity index (χ0v) is 21.7. The lowest BCUT2D eigenvalue weighted by Crippen LogP contribution is -2.29. The Bertz CT molecular complexity index is 1510. The van der Waals surface area contributed by atoms with Crippen LogP contribution in [0.5, 0.6) is 0 Å². The standard InChI is InChI=1S/C33H33N3O/c1-4-12-24-19-21-26(22-20-24)30-31(36(5-2)32(35-30)27-14-7-6-8-15-27)33(37)34-23(3)28-18-11-16-25-13-9-10-17-29(25)28/h6-11,13-23H,4-5,12H2,1-3H3,(H,34,37). The molecule has 5 aromatic rings. The number of benzene rings is 4. The number of fused-ring (bicyclic) bond motifs is 1. The summed E-state index contributed by atoms with van der Waals surface area (Å²) >= 11 is 0. The minimum Gasteiger partial charge on any atom is -0.344 e. The van der Waals surface area contributed by atoms with Gasteiger partial charge in [0.1, 0.15) is 17.2 Å². The van der Waals surface area contributed by atoms with Crippen LogP contribution >= 0.6 is 0 Å². The number of aromatic nitrogens is 2. The Morgan fingerprint density at radius 3 is 2.27 bits per heavy atom. The molecule has 4 heteroatoms. The molecule has 0 fully saturated rings. The molecule has 1 unspecified atom stereocenters. The molecule has 5 rings (SSSR count). The first-order chi connectivity index (χ1) is 18.1. The quantitative estimate of drug-likeness (QED) is 0.242. The molecular weight excluding hydrogens is 454 g/mol. The van der Waals surface area contributed by atoms with Crippen molar-refractivity contribution in [3.05, 3.63) is 114 Å². The second-order valence-corrected chi connectivity index (χ2v) is 9.45. The highest BCUT2D eigenvalue weighted by molar-refractivity contribution is 6.00. The van der Waals surface area contributed by atoms with Crippen molar-refractivity contribution in [2.45, 2.75) is 46.2 Å². The van der Waals surface area contributed by atoms with Gasteiger partial charge >= 0.3 is 0 Å². The second kappa shape index (κ2) is 10.8. The lowest BCUT2D eigenvalue weighted by Gasteiger charge is -2.18. The van der Waals surface area contributed by atoms with Crippen LogP contribution in [0, 0.1) is 0 Å². The van der Waals surface area contributed by atoms with E-state index in [0.717, 1.165) is 40.7 Å². The van der Waals surface area contributed by atoms with Gasteiger partial charge in [0.05, 0.1) is 6.04 Å². The Hall–Kier alpha value is -4.18. The third-order valence-electron chi connectivity index (χ3n) is 6.93. The summed E-state index contributed by atoms with van der Waals surface area (Å²) in [6, 6.07) is 32.9. The highest BCUT2D eigenvalue weighted by atomic mass is 16.2. The summed E-state index contributed by atoms with van der Waals surface area (Å²) < 4.78 is 2.04. The number of carbonyl (C=O) groups is 1. The minimum absolute atomic E-state index is 0.121. The molecule has 0 aliphatic heterocycles. The number of nitrogens with one attached hydrogen (secondary N) is 1. The van der Waals surface area contributed by atoms with Crippen molar-refractivity contribution in [3.8, 4) is 22.6 Å². The first kappa shape index (κ1) is 24.5. The largest absolute Gasteiger partial charge is 0.344 e. The molecule has 0 saturated carbocycles. The summed E-state index contributed by atoms with van der Waals surface area (Å²) in [5.41, 5.74) is 5.65. The Morgan fingerprint density at radius 1 is 0.838 bits per heavy atom.